The molecule has 0 radical (unpaired) electrons. The number of hydrogen-bond acceptors (Lipinski definition) is 5. The monoisotopic (exact) mass is 279 g/mol. The molecule has 7 heteroatoms. The van der Waals surface area contributed by atoms with Crippen LogP contribution in [0.2, 0.25) is 0 Å². The first-order valence-electron chi connectivity index (χ1n) is 7.12. The number of rotatable bonds is 1. The zero-order valence-electron chi connectivity index (χ0n) is 12.0. The minimum Gasteiger partial charge on any atom is -0.370 e. The van der Waals surface area contributed by atoms with E-state index in [1.54, 1.807) is 0 Å². The molecule has 0 bridgehead atoms. The van der Waals surface area contributed by atoms with Crippen molar-refractivity contribution in [3.8, 4) is 0 Å². The Labute approximate surface area is 118 Å². The topological polar surface area (TPSA) is 63.5 Å². The van der Waals surface area contributed by atoms with E-state index in [2.05, 4.69) is 28.8 Å². The number of carbonyl (C=O) groups is 1. The smallest absolute Gasteiger partial charge is 0.346 e. The number of ether oxygens (including phenoxy) is 1. The van der Waals surface area contributed by atoms with Gasteiger partial charge in [0.2, 0.25) is 0 Å². The van der Waals surface area contributed by atoms with Crippen LogP contribution in [-0.2, 0) is 4.74 Å². The number of amides is 1. The Bertz CT molecular complexity index is 475. The van der Waals surface area contributed by atoms with Gasteiger partial charge in [-0.15, -0.1) is 0 Å². The van der Waals surface area contributed by atoms with Crippen LogP contribution < -0.4 is 0 Å². The molecule has 0 N–H and O–H groups in total. The van der Waals surface area contributed by atoms with Gasteiger partial charge in [0.25, 0.3) is 0 Å². The van der Waals surface area contributed by atoms with Gasteiger partial charge in [0.15, 0.2) is 0 Å². The van der Waals surface area contributed by atoms with Gasteiger partial charge in [-0.25, -0.2) is 9.78 Å². The third-order valence-corrected chi connectivity index (χ3v) is 4.21. The summed E-state index contributed by atoms with van der Waals surface area (Å²) < 4.78 is 7.31. The lowest BCUT2D eigenvalue weighted by molar-refractivity contribution is -0.0904. The van der Waals surface area contributed by atoms with Crippen molar-refractivity contribution in [2.24, 2.45) is 0 Å². The van der Waals surface area contributed by atoms with Gasteiger partial charge in [0.1, 0.15) is 12.7 Å². The summed E-state index contributed by atoms with van der Waals surface area (Å²) in [6.45, 7) is 8.15. The number of carbonyl (C=O) groups excluding carboxylic acids is 1. The van der Waals surface area contributed by atoms with Crippen LogP contribution in [0.5, 0.6) is 0 Å². The molecular weight excluding hydrogens is 258 g/mol. The largest absolute Gasteiger partial charge is 0.370 e. The molecule has 2 fully saturated rings. The van der Waals surface area contributed by atoms with Crippen molar-refractivity contribution >= 4 is 6.03 Å². The van der Waals surface area contributed by atoms with Crippen molar-refractivity contribution in [2.45, 2.75) is 31.9 Å². The number of likely N-dealkylation sites (tertiary alicyclic amines) is 1. The van der Waals surface area contributed by atoms with Crippen LogP contribution in [0.1, 0.15) is 20.3 Å². The van der Waals surface area contributed by atoms with E-state index in [1.165, 1.54) is 17.3 Å². The zero-order chi connectivity index (χ0) is 14.2. The van der Waals surface area contributed by atoms with Crippen LogP contribution in [-0.4, -0.2) is 75.0 Å². The van der Waals surface area contributed by atoms with Crippen LogP contribution in [0, 0.1) is 0 Å². The summed E-state index contributed by atoms with van der Waals surface area (Å²) in [5.74, 6) is 0. The maximum absolute atomic E-state index is 12.3. The molecule has 2 saturated heterocycles. The molecular formula is C13H21N5O2. The van der Waals surface area contributed by atoms with E-state index in [1.807, 2.05) is 4.90 Å². The lowest BCUT2D eigenvalue weighted by atomic mass is 10.0. The van der Waals surface area contributed by atoms with Gasteiger partial charge in [0.05, 0.1) is 18.8 Å². The second-order valence-electron chi connectivity index (χ2n) is 5.89. The zero-order valence-corrected chi connectivity index (χ0v) is 12.0. The van der Waals surface area contributed by atoms with Crippen LogP contribution in [0.25, 0.3) is 0 Å². The van der Waals surface area contributed by atoms with E-state index in [0.29, 0.717) is 25.7 Å². The lowest BCUT2D eigenvalue weighted by Gasteiger charge is -2.40. The fraction of sp³-hybridized carbons (Fsp3) is 0.769. The van der Waals surface area contributed by atoms with E-state index in [4.69, 9.17) is 4.74 Å². The molecule has 1 aromatic rings. The van der Waals surface area contributed by atoms with Gasteiger partial charge >= 0.3 is 6.03 Å². The van der Waals surface area contributed by atoms with Gasteiger partial charge in [-0.1, -0.05) is 0 Å². The molecule has 1 amide bonds. The number of nitrogens with zero attached hydrogens (tertiary/aromatic N) is 5. The number of morpholine rings is 1. The van der Waals surface area contributed by atoms with Crippen LogP contribution in [0.15, 0.2) is 12.7 Å². The minimum absolute atomic E-state index is 0.117. The Hall–Kier alpha value is -1.47. The highest BCUT2D eigenvalue weighted by Crippen LogP contribution is 2.30. The molecule has 1 atom stereocenters. The highest BCUT2D eigenvalue weighted by atomic mass is 16.5. The highest BCUT2D eigenvalue weighted by molar-refractivity contribution is 5.75. The summed E-state index contributed by atoms with van der Waals surface area (Å²) in [6.07, 6.45) is 3.80. The van der Waals surface area contributed by atoms with Gasteiger partial charge < -0.3 is 9.64 Å². The first-order valence-corrected chi connectivity index (χ1v) is 7.12. The van der Waals surface area contributed by atoms with E-state index in [9.17, 15) is 4.79 Å². The summed E-state index contributed by atoms with van der Waals surface area (Å²) in [5.41, 5.74) is -0.210. The quantitative estimate of drug-likeness (QED) is 0.746. The third-order valence-electron chi connectivity index (χ3n) is 4.21. The Balaban J connectivity index is 1.70. The Morgan fingerprint density at radius 2 is 2.20 bits per heavy atom. The van der Waals surface area contributed by atoms with Crippen LogP contribution in [0.4, 0.5) is 4.79 Å². The van der Waals surface area contributed by atoms with Crippen LogP contribution >= 0.6 is 0 Å². The van der Waals surface area contributed by atoms with Gasteiger partial charge in [-0.3, -0.25) is 4.90 Å². The predicted octanol–water partition coefficient (Wildman–Crippen LogP) is 0.431. The molecule has 1 spiro atoms. The summed E-state index contributed by atoms with van der Waals surface area (Å²) in [7, 11) is 0. The lowest BCUT2D eigenvalue weighted by Crippen LogP contribution is -2.56. The molecule has 2 aliphatic rings. The van der Waals surface area contributed by atoms with E-state index < -0.39 is 0 Å². The summed E-state index contributed by atoms with van der Waals surface area (Å²) in [5, 5.41) is 3.91. The molecule has 2 aliphatic heterocycles. The van der Waals surface area contributed by atoms with Crippen LogP contribution in [0.3, 0.4) is 0 Å². The molecule has 0 saturated carbocycles. The van der Waals surface area contributed by atoms with Crippen molar-refractivity contribution in [1.29, 1.82) is 0 Å². The predicted molar refractivity (Wildman–Crippen MR) is 72.4 cm³/mol. The average molecular weight is 279 g/mol. The first-order chi connectivity index (χ1) is 9.60. The Kier molecular flexibility index (Phi) is 3.47. The summed E-state index contributed by atoms with van der Waals surface area (Å²) in [6, 6.07) is 0.396. The molecule has 7 nitrogen and oxygen atoms in total. The molecule has 1 unspecified atom stereocenters. The number of hydrogen-bond donors (Lipinski definition) is 0. The fourth-order valence-electron chi connectivity index (χ4n) is 3.02. The fourth-order valence-corrected chi connectivity index (χ4v) is 3.02. The third kappa shape index (κ3) is 2.43. The second-order valence-corrected chi connectivity index (χ2v) is 5.89. The first kappa shape index (κ1) is 13.5. The molecule has 0 aromatic carbocycles. The van der Waals surface area contributed by atoms with E-state index in [0.717, 1.165) is 19.5 Å². The van der Waals surface area contributed by atoms with Gasteiger partial charge in [0, 0.05) is 25.7 Å². The summed E-state index contributed by atoms with van der Waals surface area (Å²) in [4.78, 5) is 20.4. The highest BCUT2D eigenvalue weighted by Gasteiger charge is 2.44. The van der Waals surface area contributed by atoms with Gasteiger partial charge in [-0.05, 0) is 20.3 Å². The normalized spacial score (nSPS) is 27.6. The molecule has 3 rings (SSSR count). The van der Waals surface area contributed by atoms with Gasteiger partial charge in [-0.2, -0.15) is 9.78 Å². The van der Waals surface area contributed by atoms with E-state index in [-0.39, 0.29) is 11.6 Å². The maximum Gasteiger partial charge on any atom is 0.346 e. The SMILES string of the molecule is CC(C)N1CCC2(CN(C(=O)n3cncn3)CCO2)C1. The Morgan fingerprint density at radius 3 is 2.85 bits per heavy atom. The van der Waals surface area contributed by atoms with E-state index >= 15 is 0 Å². The standard InChI is InChI=1S/C13H21N5O2/c1-11(2)16-4-3-13(7-16)8-17(5-6-20-13)12(19)18-10-14-9-15-18/h9-11H,3-8H2,1-2H3. The molecule has 20 heavy (non-hydrogen) atoms. The van der Waals surface area contributed by atoms with Crippen molar-refractivity contribution in [3.05, 3.63) is 12.7 Å². The second kappa shape index (κ2) is 5.14. The van der Waals surface area contributed by atoms with Crippen molar-refractivity contribution < 1.29 is 9.53 Å². The van der Waals surface area contributed by atoms with Crippen molar-refractivity contribution in [3.63, 3.8) is 0 Å². The van der Waals surface area contributed by atoms with Crippen molar-refractivity contribution in [2.75, 3.05) is 32.8 Å². The molecule has 1 aromatic heterocycles. The molecule has 0 aliphatic carbocycles. The Morgan fingerprint density at radius 1 is 1.35 bits per heavy atom. The minimum atomic E-state index is -0.210. The molecule has 3 heterocycles. The van der Waals surface area contributed by atoms with Crippen molar-refractivity contribution in [1.82, 2.24) is 24.6 Å². The maximum atomic E-state index is 12.3. The molecule has 110 valence electrons. The number of aromatic nitrogens is 3. The average Bonchev–Trinajstić information content (AvgIpc) is 3.08. The summed E-state index contributed by atoms with van der Waals surface area (Å²) >= 11 is 0.